The summed E-state index contributed by atoms with van der Waals surface area (Å²) in [6.45, 7) is 6.31. The molecule has 0 amide bonds. The lowest BCUT2D eigenvalue weighted by Gasteiger charge is -2.39. The highest BCUT2D eigenvalue weighted by atomic mass is 32.1. The number of Topliss-reactive ketones (excluding diaryl/α,β-unsaturated/α-hetero) is 1. The molecule has 4 heteroatoms. The van der Waals surface area contributed by atoms with E-state index in [0.717, 1.165) is 23.3 Å². The van der Waals surface area contributed by atoms with Crippen LogP contribution < -0.4 is 10.6 Å². The van der Waals surface area contributed by atoms with Crippen LogP contribution in [0.1, 0.15) is 43.9 Å². The predicted molar refractivity (Wildman–Crippen MR) is 87.8 cm³/mol. The van der Waals surface area contributed by atoms with Crippen molar-refractivity contribution in [2.24, 2.45) is 5.41 Å². The Balaban J connectivity index is 2.06. The summed E-state index contributed by atoms with van der Waals surface area (Å²) in [6, 6.07) is 8.15. The molecule has 1 aromatic rings. The van der Waals surface area contributed by atoms with Gasteiger partial charge in [-0.2, -0.15) is 0 Å². The van der Waals surface area contributed by atoms with Crippen LogP contribution in [-0.4, -0.2) is 10.9 Å². The number of benzene rings is 1. The van der Waals surface area contributed by atoms with Crippen LogP contribution in [0.4, 0.5) is 0 Å². The fourth-order valence-corrected chi connectivity index (χ4v) is 3.41. The summed E-state index contributed by atoms with van der Waals surface area (Å²) >= 11 is 5.32. The molecule has 0 saturated heterocycles. The maximum atomic E-state index is 12.6. The first-order valence-corrected chi connectivity index (χ1v) is 7.67. The van der Waals surface area contributed by atoms with Gasteiger partial charge < -0.3 is 10.6 Å². The smallest absolute Gasteiger partial charge is 0.171 e. The molecule has 0 saturated carbocycles. The largest absolute Gasteiger partial charge is 0.351 e. The van der Waals surface area contributed by atoms with Gasteiger partial charge in [0.25, 0.3) is 0 Å². The van der Waals surface area contributed by atoms with E-state index in [1.165, 1.54) is 5.56 Å². The molecule has 1 aromatic carbocycles. The fraction of sp³-hybridized carbons (Fsp3) is 0.412. The zero-order valence-corrected chi connectivity index (χ0v) is 13.4. The number of aryl methyl sites for hydroxylation is 1. The topological polar surface area (TPSA) is 41.1 Å². The second-order valence-corrected chi connectivity index (χ2v) is 7.18. The van der Waals surface area contributed by atoms with Crippen LogP contribution in [0.2, 0.25) is 0 Å². The zero-order chi connectivity index (χ0) is 15.2. The van der Waals surface area contributed by atoms with Crippen LogP contribution >= 0.6 is 12.2 Å². The molecule has 1 aliphatic carbocycles. The van der Waals surface area contributed by atoms with E-state index in [2.05, 4.69) is 55.7 Å². The van der Waals surface area contributed by atoms with E-state index >= 15 is 0 Å². The van der Waals surface area contributed by atoms with Gasteiger partial charge in [-0.1, -0.05) is 43.7 Å². The molecule has 3 rings (SSSR count). The van der Waals surface area contributed by atoms with Gasteiger partial charge in [-0.15, -0.1) is 0 Å². The number of allylic oxidation sites excluding steroid dienone is 1. The van der Waals surface area contributed by atoms with E-state index in [1.807, 2.05) is 0 Å². The summed E-state index contributed by atoms with van der Waals surface area (Å²) < 4.78 is 0. The number of rotatable bonds is 1. The molecule has 0 bridgehead atoms. The lowest BCUT2D eigenvalue weighted by molar-refractivity contribution is -0.118. The van der Waals surface area contributed by atoms with Gasteiger partial charge in [-0.3, -0.25) is 4.79 Å². The van der Waals surface area contributed by atoms with E-state index in [9.17, 15) is 4.79 Å². The van der Waals surface area contributed by atoms with E-state index in [1.54, 1.807) is 0 Å². The second-order valence-electron chi connectivity index (χ2n) is 6.78. The monoisotopic (exact) mass is 300 g/mol. The Morgan fingerprint density at radius 3 is 2.52 bits per heavy atom. The SMILES string of the molecule is Cc1ccc([C@@H]2NC(=S)NC3=C2C(=O)CC(C)(C)C3)cc1. The Morgan fingerprint density at radius 1 is 1.19 bits per heavy atom. The maximum Gasteiger partial charge on any atom is 0.171 e. The third-order valence-corrected chi connectivity index (χ3v) is 4.38. The molecular weight excluding hydrogens is 280 g/mol. The number of carbonyl (C=O) groups is 1. The molecule has 2 aliphatic rings. The van der Waals surface area contributed by atoms with Crippen molar-refractivity contribution >= 4 is 23.1 Å². The highest BCUT2D eigenvalue weighted by molar-refractivity contribution is 7.80. The van der Waals surface area contributed by atoms with Gasteiger partial charge in [-0.05, 0) is 36.5 Å². The van der Waals surface area contributed by atoms with Crippen molar-refractivity contribution in [2.75, 3.05) is 0 Å². The molecule has 110 valence electrons. The van der Waals surface area contributed by atoms with Gasteiger partial charge in [0.1, 0.15) is 0 Å². The minimum atomic E-state index is -0.127. The van der Waals surface area contributed by atoms with Crippen molar-refractivity contribution in [3.05, 3.63) is 46.7 Å². The molecule has 2 N–H and O–H groups in total. The van der Waals surface area contributed by atoms with Crippen LogP contribution in [0.3, 0.4) is 0 Å². The van der Waals surface area contributed by atoms with Crippen LogP contribution in [0.15, 0.2) is 35.5 Å². The van der Waals surface area contributed by atoms with Crippen molar-refractivity contribution in [3.63, 3.8) is 0 Å². The summed E-state index contributed by atoms with van der Waals surface area (Å²) in [7, 11) is 0. The standard InChI is InChI=1S/C17H20N2OS/c1-10-4-6-11(7-5-10)15-14-12(18-16(21)19-15)8-17(2,3)9-13(14)20/h4-7,15H,8-9H2,1-3H3,(H2,18,19,21)/t15-/m0/s1. The third kappa shape index (κ3) is 2.72. The van der Waals surface area contributed by atoms with Crippen LogP contribution in [0.5, 0.6) is 0 Å². The van der Waals surface area contributed by atoms with E-state index in [0.29, 0.717) is 11.5 Å². The second kappa shape index (κ2) is 4.95. The predicted octanol–water partition coefficient (Wildman–Crippen LogP) is 3.16. The van der Waals surface area contributed by atoms with Crippen molar-refractivity contribution in [3.8, 4) is 0 Å². The van der Waals surface area contributed by atoms with Gasteiger partial charge >= 0.3 is 0 Å². The molecular formula is C17H20N2OS. The number of thiocarbonyl (C=S) groups is 1. The molecule has 1 aliphatic heterocycles. The summed E-state index contributed by atoms with van der Waals surface area (Å²) in [5.41, 5.74) is 4.14. The van der Waals surface area contributed by atoms with Crippen molar-refractivity contribution < 1.29 is 4.79 Å². The highest BCUT2D eigenvalue weighted by Crippen LogP contribution is 2.41. The molecule has 0 unspecified atom stereocenters. The van der Waals surface area contributed by atoms with Gasteiger partial charge in [-0.25, -0.2) is 0 Å². The van der Waals surface area contributed by atoms with E-state index < -0.39 is 0 Å². The Hall–Kier alpha value is -1.68. The summed E-state index contributed by atoms with van der Waals surface area (Å²) in [6.07, 6.45) is 1.45. The van der Waals surface area contributed by atoms with E-state index in [-0.39, 0.29) is 17.2 Å². The minimum Gasteiger partial charge on any atom is -0.351 e. The molecule has 21 heavy (non-hydrogen) atoms. The highest BCUT2D eigenvalue weighted by Gasteiger charge is 2.39. The first kappa shape index (κ1) is 14.3. The normalized spacial score (nSPS) is 24.2. The van der Waals surface area contributed by atoms with Crippen molar-refractivity contribution in [2.45, 2.75) is 39.7 Å². The molecule has 0 radical (unpaired) electrons. The number of carbonyl (C=O) groups excluding carboxylic acids is 1. The van der Waals surface area contributed by atoms with Gasteiger partial charge in [0, 0.05) is 17.7 Å². The fourth-order valence-electron chi connectivity index (χ4n) is 3.17. The Labute approximate surface area is 130 Å². The maximum absolute atomic E-state index is 12.6. The van der Waals surface area contributed by atoms with Crippen LogP contribution in [0.25, 0.3) is 0 Å². The lowest BCUT2D eigenvalue weighted by Crippen LogP contribution is -2.48. The quantitative estimate of drug-likeness (QED) is 0.782. The van der Waals surface area contributed by atoms with Crippen LogP contribution in [0, 0.1) is 12.3 Å². The first-order chi connectivity index (χ1) is 9.85. The lowest BCUT2D eigenvalue weighted by atomic mass is 9.73. The number of hydrogen-bond donors (Lipinski definition) is 2. The third-order valence-electron chi connectivity index (χ3n) is 4.16. The number of hydrogen-bond acceptors (Lipinski definition) is 2. The van der Waals surface area contributed by atoms with E-state index in [4.69, 9.17) is 12.2 Å². The Kier molecular flexibility index (Phi) is 3.36. The van der Waals surface area contributed by atoms with Gasteiger partial charge in [0.05, 0.1) is 6.04 Å². The average molecular weight is 300 g/mol. The molecule has 3 nitrogen and oxygen atoms in total. The van der Waals surface area contributed by atoms with Crippen molar-refractivity contribution in [1.82, 2.24) is 10.6 Å². The van der Waals surface area contributed by atoms with Gasteiger partial charge in [0.2, 0.25) is 0 Å². The molecule has 1 atom stereocenters. The van der Waals surface area contributed by atoms with Gasteiger partial charge in [0.15, 0.2) is 10.9 Å². The zero-order valence-electron chi connectivity index (χ0n) is 12.6. The first-order valence-electron chi connectivity index (χ1n) is 7.26. The number of nitrogens with one attached hydrogen (secondary N) is 2. The summed E-state index contributed by atoms with van der Waals surface area (Å²) in [4.78, 5) is 12.6. The minimum absolute atomic E-state index is 0.00625. The number of ketones is 1. The van der Waals surface area contributed by atoms with Crippen LogP contribution in [-0.2, 0) is 4.79 Å². The summed E-state index contributed by atoms with van der Waals surface area (Å²) in [5.74, 6) is 0.217. The molecule has 1 heterocycles. The Bertz CT molecular complexity index is 643. The average Bonchev–Trinajstić information content (AvgIpc) is 2.36. The molecule has 0 spiro atoms. The molecule has 0 aromatic heterocycles. The Morgan fingerprint density at radius 2 is 1.86 bits per heavy atom. The van der Waals surface area contributed by atoms with Crippen molar-refractivity contribution in [1.29, 1.82) is 0 Å². The summed E-state index contributed by atoms with van der Waals surface area (Å²) in [5, 5.41) is 7.05. The molecule has 0 fully saturated rings.